The summed E-state index contributed by atoms with van der Waals surface area (Å²) in [6.07, 6.45) is 21.4. The van der Waals surface area contributed by atoms with E-state index in [0.29, 0.717) is 34.9 Å². The summed E-state index contributed by atoms with van der Waals surface area (Å²) in [5.41, 5.74) is 8.64. The molecule has 2 aliphatic rings. The van der Waals surface area contributed by atoms with Gasteiger partial charge in [-0.15, -0.1) is 0 Å². The number of nitrogens with zero attached hydrogens (tertiary/aromatic N) is 6. The molecule has 0 spiro atoms. The zero-order valence-corrected chi connectivity index (χ0v) is 35.1. The Labute approximate surface area is 347 Å². The SMILES string of the molecule is C/C=C\C=C(/C)c1nc(C2=CCCC=C2)nc(-c2ccc3c(c2)sc2c(-c4nc(-c5ccccc5)nc(-c5ccc(C6=C([I-]C)C=CCC6)cc5)n4)cccc23)n1. The minimum Gasteiger partial charge on any atom is -0.209 e. The van der Waals surface area contributed by atoms with Crippen LogP contribution < -0.4 is 21.2 Å². The first-order chi connectivity index (χ1) is 28.1. The van der Waals surface area contributed by atoms with Crippen LogP contribution in [-0.2, 0) is 0 Å². The van der Waals surface area contributed by atoms with Crippen LogP contribution >= 0.6 is 11.3 Å². The summed E-state index contributed by atoms with van der Waals surface area (Å²) in [6, 6.07) is 31.9. The summed E-state index contributed by atoms with van der Waals surface area (Å²) in [7, 11) is 0. The average molecular weight is 872 g/mol. The maximum absolute atomic E-state index is 5.18. The summed E-state index contributed by atoms with van der Waals surface area (Å²) in [5.74, 6) is 4.00. The zero-order chi connectivity index (χ0) is 38.7. The molecule has 2 aliphatic carbocycles. The van der Waals surface area contributed by atoms with Crippen molar-refractivity contribution >= 4 is 48.2 Å². The number of alkyl halides is 1. The number of hydrogen-bond donors (Lipinski definition) is 0. The summed E-state index contributed by atoms with van der Waals surface area (Å²) in [5, 5.41) is 2.33. The van der Waals surface area contributed by atoms with Crippen LogP contribution in [-0.4, -0.2) is 34.8 Å². The molecule has 0 amide bonds. The van der Waals surface area contributed by atoms with Crippen LogP contribution in [0, 0.1) is 0 Å². The Morgan fingerprint density at radius 2 is 1.35 bits per heavy atom. The van der Waals surface area contributed by atoms with E-state index in [2.05, 4.69) is 108 Å². The van der Waals surface area contributed by atoms with Crippen LogP contribution in [0.5, 0.6) is 0 Å². The van der Waals surface area contributed by atoms with Crippen molar-refractivity contribution in [1.82, 2.24) is 29.9 Å². The number of allylic oxidation sites excluding steroid dienone is 12. The third kappa shape index (κ3) is 7.59. The van der Waals surface area contributed by atoms with Crippen LogP contribution in [0.4, 0.5) is 0 Å². The summed E-state index contributed by atoms with van der Waals surface area (Å²) in [6.45, 7) is 4.06. The van der Waals surface area contributed by atoms with E-state index in [4.69, 9.17) is 29.9 Å². The predicted molar refractivity (Wildman–Crippen MR) is 234 cm³/mol. The van der Waals surface area contributed by atoms with E-state index in [-0.39, 0.29) is 21.2 Å². The molecule has 0 atom stereocenters. The Kier molecular flexibility index (Phi) is 10.6. The van der Waals surface area contributed by atoms with E-state index in [1.165, 1.54) is 20.1 Å². The Morgan fingerprint density at radius 1 is 0.649 bits per heavy atom. The quantitative estimate of drug-likeness (QED) is 0.0818. The zero-order valence-electron chi connectivity index (χ0n) is 32.1. The van der Waals surface area contributed by atoms with E-state index in [9.17, 15) is 0 Å². The number of rotatable bonds is 9. The molecular weight excluding hydrogens is 832 g/mol. The van der Waals surface area contributed by atoms with Crippen molar-refractivity contribution in [3.8, 4) is 45.6 Å². The molecule has 6 nitrogen and oxygen atoms in total. The van der Waals surface area contributed by atoms with Gasteiger partial charge in [0.15, 0.2) is 17.5 Å². The van der Waals surface area contributed by atoms with Gasteiger partial charge >= 0.3 is 197 Å². The first-order valence-electron chi connectivity index (χ1n) is 19.3. The maximum atomic E-state index is 5.18. The molecule has 0 unspecified atom stereocenters. The van der Waals surface area contributed by atoms with Gasteiger partial charge in [0.1, 0.15) is 0 Å². The van der Waals surface area contributed by atoms with E-state index in [1.807, 2.05) is 50.3 Å². The minimum absolute atomic E-state index is 0.00263. The number of halogens is 1. The molecule has 0 aliphatic heterocycles. The Morgan fingerprint density at radius 3 is 2.12 bits per heavy atom. The van der Waals surface area contributed by atoms with Gasteiger partial charge in [-0.2, -0.15) is 0 Å². The molecule has 0 fully saturated rings. The minimum atomic E-state index is 0.00263. The standard InChI is InChI=1S/C49H40IN6S/c1-4-5-15-31(2)44-51-45(33-16-8-6-9-17-33)54-48(52-44)36-28-29-38-39-21-14-22-40(43(39)57-42(38)30-36)49-55-46(34-18-10-7-11-19-34)53-47(56-49)35-26-24-32(25-27-35)37-20-12-13-23-41(37)50-3/h4-5,7-8,10-11,13-19,21-30H,6,9,12,20H2,1-3H3/q-1/b5-4-,31-15+. The average Bonchev–Trinajstić information content (AvgIpc) is 3.67. The second kappa shape index (κ2) is 16.4. The van der Waals surface area contributed by atoms with E-state index in [1.54, 1.807) is 11.3 Å². The van der Waals surface area contributed by atoms with E-state index < -0.39 is 0 Å². The summed E-state index contributed by atoms with van der Waals surface area (Å²) in [4.78, 5) is 32.6. The van der Waals surface area contributed by atoms with Crippen molar-refractivity contribution in [3.05, 3.63) is 160 Å². The molecule has 0 N–H and O–H groups in total. The fourth-order valence-electron chi connectivity index (χ4n) is 7.27. The monoisotopic (exact) mass is 871 g/mol. The fraction of sp³-hybridized carbons (Fsp3) is 0.143. The number of fused-ring (bicyclic) bond motifs is 3. The second-order valence-corrected chi connectivity index (χ2v) is 17.3. The van der Waals surface area contributed by atoms with Gasteiger partial charge in [-0.1, -0.05) is 60.7 Å². The third-order valence-corrected chi connectivity index (χ3v) is 13.6. The predicted octanol–water partition coefficient (Wildman–Crippen LogP) is 9.59. The van der Waals surface area contributed by atoms with Crippen molar-refractivity contribution in [2.75, 3.05) is 4.93 Å². The van der Waals surface area contributed by atoms with Gasteiger partial charge in [0.05, 0.1) is 0 Å². The van der Waals surface area contributed by atoms with E-state index in [0.717, 1.165) is 73.9 Å². The van der Waals surface area contributed by atoms with Gasteiger partial charge < -0.3 is 0 Å². The number of thiophene rings is 1. The molecular formula is C49H40IN6S-. The topological polar surface area (TPSA) is 77.3 Å². The molecule has 3 heterocycles. The van der Waals surface area contributed by atoms with Crippen molar-refractivity contribution in [2.24, 2.45) is 0 Å². The molecule has 0 radical (unpaired) electrons. The molecule has 0 bridgehead atoms. The molecule has 9 rings (SSSR count). The van der Waals surface area contributed by atoms with Gasteiger partial charge in [-0.05, 0) is 38.3 Å². The van der Waals surface area contributed by atoms with Crippen molar-refractivity contribution in [2.45, 2.75) is 39.5 Å². The molecule has 57 heavy (non-hydrogen) atoms. The van der Waals surface area contributed by atoms with Crippen molar-refractivity contribution in [3.63, 3.8) is 0 Å². The molecule has 280 valence electrons. The molecule has 3 aromatic heterocycles. The molecule has 8 heteroatoms. The Bertz CT molecular complexity index is 2840. The smallest absolute Gasteiger partial charge is 0.209 e. The number of hydrogen-bond acceptors (Lipinski definition) is 7. The van der Waals surface area contributed by atoms with Crippen LogP contribution in [0.25, 0.3) is 82.4 Å². The fourth-order valence-corrected chi connectivity index (χ4v) is 10.4. The van der Waals surface area contributed by atoms with Crippen LogP contribution in [0.15, 0.2) is 143 Å². The van der Waals surface area contributed by atoms with Gasteiger partial charge in [0.25, 0.3) is 0 Å². The van der Waals surface area contributed by atoms with Crippen molar-refractivity contribution < 1.29 is 21.2 Å². The normalized spacial score (nSPS) is 14.7. The second-order valence-electron chi connectivity index (χ2n) is 14.0. The first-order valence-corrected chi connectivity index (χ1v) is 23.3. The number of aromatic nitrogens is 6. The third-order valence-electron chi connectivity index (χ3n) is 10.3. The van der Waals surface area contributed by atoms with Gasteiger partial charge in [-0.3, -0.25) is 0 Å². The Balaban J connectivity index is 1.15. The van der Waals surface area contributed by atoms with Crippen molar-refractivity contribution in [1.29, 1.82) is 0 Å². The molecule has 4 aromatic carbocycles. The number of benzene rings is 4. The molecule has 0 saturated carbocycles. The molecule has 7 aromatic rings. The summed E-state index contributed by atoms with van der Waals surface area (Å²) >= 11 is 1.75. The van der Waals surface area contributed by atoms with Gasteiger partial charge in [0, 0.05) is 21.2 Å². The van der Waals surface area contributed by atoms with Crippen LogP contribution in [0.1, 0.15) is 56.7 Å². The first kappa shape index (κ1) is 36.9. The van der Waals surface area contributed by atoms with Crippen LogP contribution in [0.2, 0.25) is 0 Å². The molecule has 0 saturated heterocycles. The van der Waals surface area contributed by atoms with Gasteiger partial charge in [0.2, 0.25) is 0 Å². The van der Waals surface area contributed by atoms with Crippen LogP contribution in [0.3, 0.4) is 0 Å². The van der Waals surface area contributed by atoms with Gasteiger partial charge in [-0.25, -0.2) is 15.0 Å². The van der Waals surface area contributed by atoms with E-state index >= 15 is 0 Å². The summed E-state index contributed by atoms with van der Waals surface area (Å²) < 4.78 is 3.80. The Hall–Kier alpha value is -5.71.